The molecule has 0 fully saturated rings. The molecule has 0 saturated heterocycles. The first kappa shape index (κ1) is 14.7. The molecule has 0 aliphatic rings. The molecular formula is C11H14ClN3O2S. The molecule has 0 aromatic carbocycles. The largest absolute Gasteiger partial charge is 0.443 e. The number of nitrogens with zero attached hydrogens (tertiary/aromatic N) is 1. The monoisotopic (exact) mass is 287 g/mol. The molecule has 98 valence electrons. The van der Waals surface area contributed by atoms with Gasteiger partial charge in [0.25, 0.3) is 0 Å². The average molecular weight is 288 g/mol. The predicted molar refractivity (Wildman–Crippen MR) is 72.6 cm³/mol. The zero-order valence-electron chi connectivity index (χ0n) is 9.59. The highest BCUT2D eigenvalue weighted by molar-refractivity contribution is 7.13. The number of nitrogens with one attached hydrogen (secondary N) is 1. The first-order chi connectivity index (χ1) is 8.29. The summed E-state index contributed by atoms with van der Waals surface area (Å²) in [6.45, 7) is 0.721. The third kappa shape index (κ3) is 3.83. The Morgan fingerprint density at radius 3 is 3.06 bits per heavy atom. The van der Waals surface area contributed by atoms with Gasteiger partial charge in [0, 0.05) is 13.0 Å². The van der Waals surface area contributed by atoms with Gasteiger partial charge in [-0.1, -0.05) is 6.07 Å². The van der Waals surface area contributed by atoms with Crippen LogP contribution in [0.5, 0.6) is 0 Å². The van der Waals surface area contributed by atoms with E-state index >= 15 is 0 Å². The van der Waals surface area contributed by atoms with Crippen LogP contribution in [0.15, 0.2) is 28.2 Å². The van der Waals surface area contributed by atoms with Gasteiger partial charge in [-0.05, 0) is 11.4 Å². The fourth-order valence-electron chi connectivity index (χ4n) is 1.31. The molecule has 18 heavy (non-hydrogen) atoms. The number of nitrogens with two attached hydrogens (primary N) is 1. The SMILES string of the molecule is Cl.NCCC(=O)NCc1coc(-c2cccs2)n1. The fraction of sp³-hybridized carbons (Fsp3) is 0.273. The molecular weight excluding hydrogens is 274 g/mol. The molecule has 0 atom stereocenters. The van der Waals surface area contributed by atoms with Gasteiger partial charge in [-0.2, -0.15) is 0 Å². The number of hydrogen-bond donors (Lipinski definition) is 2. The van der Waals surface area contributed by atoms with Crippen LogP contribution in [0.4, 0.5) is 0 Å². The van der Waals surface area contributed by atoms with Crippen molar-refractivity contribution >= 4 is 29.7 Å². The van der Waals surface area contributed by atoms with Crippen LogP contribution in [0.25, 0.3) is 10.8 Å². The summed E-state index contributed by atoms with van der Waals surface area (Å²) >= 11 is 1.56. The van der Waals surface area contributed by atoms with Gasteiger partial charge >= 0.3 is 0 Å². The first-order valence-electron chi connectivity index (χ1n) is 5.24. The third-order valence-corrected chi connectivity index (χ3v) is 2.98. The number of carbonyl (C=O) groups is 1. The van der Waals surface area contributed by atoms with Crippen LogP contribution in [0.1, 0.15) is 12.1 Å². The average Bonchev–Trinajstić information content (AvgIpc) is 2.97. The van der Waals surface area contributed by atoms with E-state index in [-0.39, 0.29) is 18.3 Å². The topological polar surface area (TPSA) is 81.2 Å². The molecule has 7 heteroatoms. The maximum absolute atomic E-state index is 11.2. The maximum atomic E-state index is 11.2. The van der Waals surface area contributed by atoms with Crippen molar-refractivity contribution < 1.29 is 9.21 Å². The second kappa shape index (κ2) is 7.15. The van der Waals surface area contributed by atoms with E-state index in [1.807, 2.05) is 17.5 Å². The molecule has 3 N–H and O–H groups in total. The van der Waals surface area contributed by atoms with Gasteiger partial charge < -0.3 is 15.5 Å². The van der Waals surface area contributed by atoms with E-state index in [1.54, 1.807) is 17.6 Å². The van der Waals surface area contributed by atoms with Crippen molar-refractivity contribution in [2.45, 2.75) is 13.0 Å². The van der Waals surface area contributed by atoms with Crippen molar-refractivity contribution in [2.75, 3.05) is 6.54 Å². The highest BCUT2D eigenvalue weighted by atomic mass is 35.5. The molecule has 1 amide bonds. The lowest BCUT2D eigenvalue weighted by molar-refractivity contribution is -0.121. The van der Waals surface area contributed by atoms with Crippen molar-refractivity contribution in [1.29, 1.82) is 0 Å². The van der Waals surface area contributed by atoms with Gasteiger partial charge in [-0.15, -0.1) is 23.7 Å². The molecule has 0 radical (unpaired) electrons. The Balaban J connectivity index is 0.00000162. The molecule has 0 spiro atoms. The lowest BCUT2D eigenvalue weighted by Crippen LogP contribution is -2.25. The first-order valence-corrected chi connectivity index (χ1v) is 6.12. The van der Waals surface area contributed by atoms with Gasteiger partial charge in [0.1, 0.15) is 6.26 Å². The van der Waals surface area contributed by atoms with E-state index < -0.39 is 0 Å². The summed E-state index contributed by atoms with van der Waals surface area (Å²) in [5.41, 5.74) is 5.98. The Labute approximate surface area is 115 Å². The Morgan fingerprint density at radius 2 is 2.39 bits per heavy atom. The number of thiophene rings is 1. The summed E-state index contributed by atoms with van der Waals surface area (Å²) in [4.78, 5) is 16.5. The Hall–Kier alpha value is -1.37. The van der Waals surface area contributed by atoms with Gasteiger partial charge in [0.15, 0.2) is 0 Å². The second-order valence-electron chi connectivity index (χ2n) is 3.44. The Morgan fingerprint density at radius 1 is 1.56 bits per heavy atom. The number of hydrogen-bond acceptors (Lipinski definition) is 5. The molecule has 2 rings (SSSR count). The van der Waals surface area contributed by atoms with Crippen LogP contribution in [-0.4, -0.2) is 17.4 Å². The predicted octanol–water partition coefficient (Wildman–Crippen LogP) is 1.79. The third-order valence-electron chi connectivity index (χ3n) is 2.12. The number of halogens is 1. The summed E-state index contributed by atoms with van der Waals surface area (Å²) in [6, 6.07) is 3.88. The molecule has 0 saturated carbocycles. The van der Waals surface area contributed by atoms with Gasteiger partial charge in [0.05, 0.1) is 17.1 Å². The van der Waals surface area contributed by atoms with E-state index in [4.69, 9.17) is 10.2 Å². The molecule has 0 aliphatic heterocycles. The Kier molecular flexibility index (Phi) is 5.84. The number of rotatable bonds is 5. The van der Waals surface area contributed by atoms with Gasteiger partial charge in [-0.25, -0.2) is 4.98 Å². The maximum Gasteiger partial charge on any atom is 0.236 e. The van der Waals surface area contributed by atoms with Crippen molar-refractivity contribution in [1.82, 2.24) is 10.3 Å². The van der Waals surface area contributed by atoms with Crippen molar-refractivity contribution in [3.05, 3.63) is 29.5 Å². The molecule has 2 heterocycles. The van der Waals surface area contributed by atoms with Crippen LogP contribution in [0.2, 0.25) is 0 Å². The van der Waals surface area contributed by atoms with Crippen LogP contribution in [0.3, 0.4) is 0 Å². The second-order valence-corrected chi connectivity index (χ2v) is 4.38. The highest BCUT2D eigenvalue weighted by Crippen LogP contribution is 2.23. The number of carbonyl (C=O) groups excluding carboxylic acids is 1. The van der Waals surface area contributed by atoms with E-state index in [2.05, 4.69) is 10.3 Å². The molecule has 0 aliphatic carbocycles. The zero-order valence-corrected chi connectivity index (χ0v) is 11.2. The van der Waals surface area contributed by atoms with E-state index in [0.717, 1.165) is 4.88 Å². The summed E-state index contributed by atoms with van der Waals surface area (Å²) in [5, 5.41) is 4.68. The Bertz CT molecular complexity index is 484. The van der Waals surface area contributed by atoms with Crippen LogP contribution < -0.4 is 11.1 Å². The minimum atomic E-state index is -0.0758. The molecule has 5 nitrogen and oxygen atoms in total. The van der Waals surface area contributed by atoms with E-state index in [1.165, 1.54) is 0 Å². The number of amides is 1. The van der Waals surface area contributed by atoms with Gasteiger partial charge in [0.2, 0.25) is 11.8 Å². The summed E-state index contributed by atoms with van der Waals surface area (Å²) < 4.78 is 5.32. The van der Waals surface area contributed by atoms with Crippen LogP contribution >= 0.6 is 23.7 Å². The minimum absolute atomic E-state index is 0. The summed E-state index contributed by atoms with van der Waals surface area (Å²) in [6.07, 6.45) is 1.88. The normalized spacial score (nSPS) is 9.83. The lowest BCUT2D eigenvalue weighted by Gasteiger charge is -1.99. The standard InChI is InChI=1S/C11H13N3O2S.ClH/c12-4-3-10(15)13-6-8-7-16-11(14-8)9-2-1-5-17-9;/h1-2,5,7H,3-4,6,12H2,(H,13,15);1H. The van der Waals surface area contributed by atoms with Crippen molar-refractivity contribution in [3.63, 3.8) is 0 Å². The fourth-order valence-corrected chi connectivity index (χ4v) is 1.97. The summed E-state index contributed by atoms with van der Waals surface area (Å²) in [7, 11) is 0. The quantitative estimate of drug-likeness (QED) is 0.878. The highest BCUT2D eigenvalue weighted by Gasteiger charge is 2.08. The van der Waals surface area contributed by atoms with Crippen LogP contribution in [-0.2, 0) is 11.3 Å². The smallest absolute Gasteiger partial charge is 0.236 e. The number of aromatic nitrogens is 1. The van der Waals surface area contributed by atoms with Crippen LogP contribution in [0, 0.1) is 0 Å². The number of oxazole rings is 1. The summed E-state index contributed by atoms with van der Waals surface area (Å²) in [5.74, 6) is 0.510. The molecule has 2 aromatic rings. The lowest BCUT2D eigenvalue weighted by atomic mass is 10.4. The zero-order chi connectivity index (χ0) is 12.1. The molecule has 0 bridgehead atoms. The van der Waals surface area contributed by atoms with E-state index in [0.29, 0.717) is 31.1 Å². The molecule has 0 unspecified atom stereocenters. The van der Waals surface area contributed by atoms with Crippen molar-refractivity contribution in [3.8, 4) is 10.8 Å². The van der Waals surface area contributed by atoms with Crippen molar-refractivity contribution in [2.24, 2.45) is 5.73 Å². The minimum Gasteiger partial charge on any atom is -0.443 e. The molecule has 2 aromatic heterocycles. The van der Waals surface area contributed by atoms with Gasteiger partial charge in [-0.3, -0.25) is 4.79 Å². The van der Waals surface area contributed by atoms with E-state index in [9.17, 15) is 4.79 Å².